The molecular weight excluding hydrogens is 535 g/mol. The van der Waals surface area contributed by atoms with Gasteiger partial charge in [0.05, 0.1) is 24.7 Å². The molecule has 0 aliphatic heterocycles. The molecule has 0 aromatic carbocycles. The van der Waals surface area contributed by atoms with Crippen LogP contribution >= 0.6 is 31.3 Å². The lowest BCUT2D eigenvalue weighted by Crippen LogP contribution is -2.30. The van der Waals surface area contributed by atoms with Gasteiger partial charge in [-0.05, 0) is 50.0 Å². The molecule has 0 heterocycles. The van der Waals surface area contributed by atoms with E-state index in [-0.39, 0.29) is 24.7 Å². The Morgan fingerprint density at radius 2 is 1.46 bits per heavy atom. The van der Waals surface area contributed by atoms with Crippen molar-refractivity contribution in [2.24, 2.45) is 0 Å². The molecule has 0 saturated heterocycles. The summed E-state index contributed by atoms with van der Waals surface area (Å²) < 4.78 is 32.1. The third-order valence-corrected chi connectivity index (χ3v) is 7.90. The Morgan fingerprint density at radius 3 is 2.11 bits per heavy atom. The minimum absolute atomic E-state index is 0.0630. The summed E-state index contributed by atoms with van der Waals surface area (Å²) >= 11 is 2.89. The lowest BCUT2D eigenvalue weighted by molar-refractivity contribution is -0.157. The van der Waals surface area contributed by atoms with Crippen LogP contribution in [0.3, 0.4) is 0 Å². The SMILES string of the molecule is CCCCCCC/C=C\CCCCCSCC(=O)OC(COC(=O)CSCC)COP(=O)(O)OCCC. The number of rotatable bonds is 26. The van der Waals surface area contributed by atoms with E-state index in [0.717, 1.165) is 37.2 Å². The molecule has 218 valence electrons. The first kappa shape index (κ1) is 36.5. The second kappa shape index (κ2) is 25.8. The van der Waals surface area contributed by atoms with E-state index in [9.17, 15) is 19.0 Å². The summed E-state index contributed by atoms with van der Waals surface area (Å²) in [5.74, 6) is 1.02. The van der Waals surface area contributed by atoms with Crippen LogP contribution in [0.25, 0.3) is 0 Å². The maximum absolute atomic E-state index is 12.3. The molecule has 0 amide bonds. The van der Waals surface area contributed by atoms with Crippen molar-refractivity contribution in [2.75, 3.05) is 42.8 Å². The first-order valence-corrected chi connectivity index (χ1v) is 17.4. The average molecular weight is 585 g/mol. The highest BCUT2D eigenvalue weighted by molar-refractivity contribution is 8.00. The van der Waals surface area contributed by atoms with Crippen LogP contribution < -0.4 is 0 Å². The highest BCUT2D eigenvalue weighted by Gasteiger charge is 2.25. The van der Waals surface area contributed by atoms with Gasteiger partial charge in [-0.25, -0.2) is 4.57 Å². The number of thioether (sulfide) groups is 2. The van der Waals surface area contributed by atoms with Gasteiger partial charge in [0, 0.05) is 0 Å². The predicted octanol–water partition coefficient (Wildman–Crippen LogP) is 6.95. The van der Waals surface area contributed by atoms with E-state index in [4.69, 9.17) is 18.5 Å². The third kappa shape index (κ3) is 25.5. The van der Waals surface area contributed by atoms with Gasteiger partial charge in [-0.15, -0.1) is 0 Å². The highest BCUT2D eigenvalue weighted by Crippen LogP contribution is 2.43. The first-order valence-electron chi connectivity index (χ1n) is 13.6. The molecule has 0 saturated carbocycles. The quantitative estimate of drug-likeness (QED) is 0.0496. The number of ether oxygens (including phenoxy) is 2. The molecule has 2 atom stereocenters. The van der Waals surface area contributed by atoms with Crippen molar-refractivity contribution in [3.63, 3.8) is 0 Å². The molecule has 2 unspecified atom stereocenters. The van der Waals surface area contributed by atoms with Crippen molar-refractivity contribution >= 4 is 43.3 Å². The molecule has 8 nitrogen and oxygen atoms in total. The van der Waals surface area contributed by atoms with Crippen molar-refractivity contribution in [3.8, 4) is 0 Å². The van der Waals surface area contributed by atoms with Gasteiger partial charge in [-0.2, -0.15) is 23.5 Å². The van der Waals surface area contributed by atoms with E-state index >= 15 is 0 Å². The monoisotopic (exact) mass is 584 g/mol. The topological polar surface area (TPSA) is 108 Å². The van der Waals surface area contributed by atoms with Gasteiger partial charge in [0.1, 0.15) is 6.61 Å². The molecule has 1 N–H and O–H groups in total. The summed E-state index contributed by atoms with van der Waals surface area (Å²) in [6.07, 6.45) is 16.2. The molecule has 0 rings (SSSR count). The summed E-state index contributed by atoms with van der Waals surface area (Å²) in [5.41, 5.74) is 0. The lowest BCUT2D eigenvalue weighted by Gasteiger charge is -2.19. The number of phosphoric acid groups is 1. The van der Waals surface area contributed by atoms with Crippen LogP contribution in [0, 0.1) is 0 Å². The maximum Gasteiger partial charge on any atom is 0.472 e. The fraction of sp³-hybridized carbons (Fsp3) is 0.846. The average Bonchev–Trinajstić information content (AvgIpc) is 2.88. The molecule has 0 radical (unpaired) electrons. The number of allylic oxidation sites excluding steroid dienone is 2. The standard InChI is InChI=1S/C26H49O8PS2/c1-4-7-8-9-10-11-12-13-14-15-16-17-19-37-23-26(28)34-24(20-31-25(27)22-36-6-3)21-33-35(29,30)32-18-5-2/h12-13,24H,4-11,14-23H2,1-3H3,(H,29,30)/b13-12-. The molecule has 37 heavy (non-hydrogen) atoms. The Bertz CT molecular complexity index is 648. The van der Waals surface area contributed by atoms with Gasteiger partial charge in [0.2, 0.25) is 0 Å². The second-order valence-electron chi connectivity index (χ2n) is 8.61. The van der Waals surface area contributed by atoms with Crippen LogP contribution in [0.15, 0.2) is 12.2 Å². The van der Waals surface area contributed by atoms with Crippen LogP contribution in [0.1, 0.15) is 91.4 Å². The molecule has 0 aliphatic rings. The smallest absolute Gasteiger partial charge is 0.461 e. The minimum Gasteiger partial charge on any atom is -0.461 e. The Kier molecular flexibility index (Phi) is 25.4. The number of esters is 2. The minimum atomic E-state index is -4.27. The molecule has 0 aromatic rings. The normalized spacial score (nSPS) is 13.9. The van der Waals surface area contributed by atoms with Crippen molar-refractivity contribution in [3.05, 3.63) is 12.2 Å². The Hall–Kier alpha value is -0.510. The third-order valence-electron chi connectivity index (χ3n) is 5.05. The zero-order chi connectivity index (χ0) is 27.6. The Morgan fingerprint density at radius 1 is 0.811 bits per heavy atom. The second-order valence-corrected chi connectivity index (χ2v) is 12.4. The van der Waals surface area contributed by atoms with E-state index in [1.54, 1.807) is 6.92 Å². The van der Waals surface area contributed by atoms with Gasteiger partial charge in [0.15, 0.2) is 6.10 Å². The van der Waals surface area contributed by atoms with Crippen LogP contribution in [0.5, 0.6) is 0 Å². The van der Waals surface area contributed by atoms with Gasteiger partial charge in [-0.1, -0.05) is 65.0 Å². The zero-order valence-electron chi connectivity index (χ0n) is 23.0. The first-order chi connectivity index (χ1) is 17.8. The van der Waals surface area contributed by atoms with Gasteiger partial charge in [0.25, 0.3) is 0 Å². The van der Waals surface area contributed by atoms with Crippen molar-refractivity contribution in [1.82, 2.24) is 0 Å². The predicted molar refractivity (Wildman–Crippen MR) is 154 cm³/mol. The fourth-order valence-corrected chi connectivity index (χ4v) is 5.15. The Labute approximate surface area is 233 Å². The molecular formula is C26H49O8PS2. The summed E-state index contributed by atoms with van der Waals surface area (Å²) in [6.45, 7) is 5.36. The summed E-state index contributed by atoms with van der Waals surface area (Å²) in [6, 6.07) is 0. The van der Waals surface area contributed by atoms with Crippen molar-refractivity contribution < 1.29 is 37.6 Å². The number of phosphoric ester groups is 1. The van der Waals surface area contributed by atoms with E-state index in [2.05, 4.69) is 19.1 Å². The van der Waals surface area contributed by atoms with E-state index in [1.807, 2.05) is 6.92 Å². The van der Waals surface area contributed by atoms with Gasteiger partial charge in [-0.3, -0.25) is 18.6 Å². The molecule has 0 aromatic heterocycles. The molecule has 11 heteroatoms. The molecule has 0 fully saturated rings. The van der Waals surface area contributed by atoms with Crippen LogP contribution in [-0.2, 0) is 32.7 Å². The summed E-state index contributed by atoms with van der Waals surface area (Å²) in [7, 11) is -4.27. The van der Waals surface area contributed by atoms with Gasteiger partial charge >= 0.3 is 19.8 Å². The molecule has 0 bridgehead atoms. The van der Waals surface area contributed by atoms with E-state index in [1.165, 1.54) is 62.0 Å². The number of carbonyl (C=O) groups is 2. The lowest BCUT2D eigenvalue weighted by atomic mass is 10.1. The number of hydrogen-bond donors (Lipinski definition) is 1. The summed E-state index contributed by atoms with van der Waals surface area (Å²) in [5, 5.41) is 0. The number of carbonyl (C=O) groups excluding carboxylic acids is 2. The number of hydrogen-bond acceptors (Lipinski definition) is 9. The zero-order valence-corrected chi connectivity index (χ0v) is 25.6. The Balaban J connectivity index is 4.16. The van der Waals surface area contributed by atoms with Crippen molar-refractivity contribution in [1.29, 1.82) is 0 Å². The maximum atomic E-state index is 12.3. The van der Waals surface area contributed by atoms with E-state index in [0.29, 0.717) is 6.42 Å². The fourth-order valence-electron chi connectivity index (χ4n) is 3.07. The summed E-state index contributed by atoms with van der Waals surface area (Å²) in [4.78, 5) is 33.8. The van der Waals surface area contributed by atoms with Gasteiger partial charge < -0.3 is 14.4 Å². The van der Waals surface area contributed by atoms with Crippen molar-refractivity contribution in [2.45, 2.75) is 97.5 Å². The molecule has 0 spiro atoms. The van der Waals surface area contributed by atoms with Crippen LogP contribution in [-0.4, -0.2) is 65.8 Å². The van der Waals surface area contributed by atoms with Crippen LogP contribution in [0.4, 0.5) is 0 Å². The van der Waals surface area contributed by atoms with Crippen LogP contribution in [0.2, 0.25) is 0 Å². The molecule has 0 aliphatic carbocycles. The van der Waals surface area contributed by atoms with E-state index < -0.39 is 32.5 Å². The largest absolute Gasteiger partial charge is 0.472 e. The highest BCUT2D eigenvalue weighted by atomic mass is 32.2. The number of unbranched alkanes of at least 4 members (excludes halogenated alkanes) is 8.